The van der Waals surface area contributed by atoms with Crippen LogP contribution in [0.25, 0.3) is 0 Å². The Kier molecular flexibility index (Phi) is 3.60. The van der Waals surface area contributed by atoms with Gasteiger partial charge in [-0.15, -0.1) is 0 Å². The van der Waals surface area contributed by atoms with Crippen LogP contribution in [0, 0.1) is 0 Å². The lowest BCUT2D eigenvalue weighted by Gasteiger charge is -2.12. The van der Waals surface area contributed by atoms with Gasteiger partial charge in [-0.1, -0.05) is 0 Å². The topological polar surface area (TPSA) is 100 Å². The lowest BCUT2D eigenvalue weighted by atomic mass is 15.9. The molecular weight excluding hydrogens is 172 g/mol. The van der Waals surface area contributed by atoms with Gasteiger partial charge in [0.2, 0.25) is 0 Å². The van der Waals surface area contributed by atoms with Crippen LogP contribution in [-0.2, 0) is 21.1 Å². The third-order valence-corrected chi connectivity index (χ3v) is 5.79. The van der Waals surface area contributed by atoms with Gasteiger partial charge in [0.1, 0.15) is 0 Å². The van der Waals surface area contributed by atoms with Crippen molar-refractivity contribution in [1.29, 1.82) is 0 Å². The van der Waals surface area contributed by atoms with Gasteiger partial charge in [-0.2, -0.15) is 0 Å². The summed E-state index contributed by atoms with van der Waals surface area (Å²) < 4.78 is 38.2. The molecule has 0 radical (unpaired) electrons. The first-order chi connectivity index (χ1) is 3.55. The molecule has 0 aromatic rings. The average molecular weight is 174 g/mol. The molecule has 0 amide bonds. The van der Waals surface area contributed by atoms with Gasteiger partial charge in [-0.25, -0.2) is 0 Å². The molecule has 0 bridgehead atoms. The summed E-state index contributed by atoms with van der Waals surface area (Å²) in [7, 11) is -9.13. The fourth-order valence-electron chi connectivity index (χ4n) is 0.0642. The Bertz CT molecular complexity index is 106. The number of hydrogen-bond acceptors (Lipinski definition) is 5. The van der Waals surface area contributed by atoms with Crippen LogP contribution in [0.4, 0.5) is 0 Å². The lowest BCUT2D eigenvalue weighted by Crippen LogP contribution is -2.25. The Balaban J connectivity index is 3.83. The molecule has 50 valence electrons. The third-order valence-electron chi connectivity index (χ3n) is 0.329. The maximum absolute atomic E-state index is 9.56. The molecule has 5 nitrogen and oxygen atoms in total. The molecule has 0 spiro atoms. The summed E-state index contributed by atoms with van der Waals surface area (Å²) in [6.45, 7) is 0. The molecule has 2 atom stereocenters. The summed E-state index contributed by atoms with van der Waals surface area (Å²) in [5.74, 6) is 0. The summed E-state index contributed by atoms with van der Waals surface area (Å²) in [6.07, 6.45) is 0. The van der Waals surface area contributed by atoms with E-state index in [4.69, 9.17) is 4.80 Å². The minimum absolute atomic E-state index is 2.81. The minimum Gasteiger partial charge on any atom is -0.775 e. The van der Waals surface area contributed by atoms with Crippen molar-refractivity contribution in [2.75, 3.05) is 0 Å². The SMILES string of the molecule is O=S([O-])[SiH](O)S(=O)[O-]. The van der Waals surface area contributed by atoms with Crippen molar-refractivity contribution in [1.82, 2.24) is 0 Å². The Labute approximate surface area is 51.3 Å². The smallest absolute Gasteiger partial charge is 0.335 e. The first-order valence-corrected chi connectivity index (χ1v) is 7.02. The minimum atomic E-state index is -3.52. The standard InChI is InChI=1S/H4O5S2Si/c1-6(2)8(5)7(3)4/h5,8H,(H,1,2)(H,3,4)/p-2. The van der Waals surface area contributed by atoms with Gasteiger partial charge in [0.05, 0.1) is 0 Å². The highest BCUT2D eigenvalue weighted by Crippen LogP contribution is 1.84. The second-order valence-corrected chi connectivity index (χ2v) is 8.37. The zero-order valence-corrected chi connectivity index (χ0v) is 6.26. The molecule has 0 saturated carbocycles. The average Bonchev–Trinajstić information content (AvgIpc) is 1.64. The second kappa shape index (κ2) is 3.43. The highest BCUT2D eigenvalue weighted by Gasteiger charge is 2.06. The molecule has 0 aromatic heterocycles. The third kappa shape index (κ3) is 2.64. The van der Waals surface area contributed by atoms with E-state index in [9.17, 15) is 17.5 Å². The van der Waals surface area contributed by atoms with Crippen molar-refractivity contribution in [3.05, 3.63) is 0 Å². The van der Waals surface area contributed by atoms with E-state index in [0.717, 1.165) is 0 Å². The molecular formula is H2O5S2Si-2. The highest BCUT2D eigenvalue weighted by atomic mass is 32.6. The first kappa shape index (κ1) is 8.40. The molecule has 1 N–H and O–H groups in total. The van der Waals surface area contributed by atoms with E-state index in [-0.39, 0.29) is 0 Å². The fraction of sp³-hybridized carbons (Fsp3) is 0. The van der Waals surface area contributed by atoms with Crippen LogP contribution < -0.4 is 0 Å². The Morgan fingerprint density at radius 3 is 1.50 bits per heavy atom. The van der Waals surface area contributed by atoms with E-state index in [0.29, 0.717) is 0 Å². The monoisotopic (exact) mass is 174 g/mol. The predicted molar refractivity (Wildman–Crippen MR) is 27.2 cm³/mol. The first-order valence-electron chi connectivity index (χ1n) is 1.40. The van der Waals surface area contributed by atoms with Crippen LogP contribution in [0.2, 0.25) is 0 Å². The van der Waals surface area contributed by atoms with Crippen molar-refractivity contribution < 1.29 is 22.3 Å². The van der Waals surface area contributed by atoms with Gasteiger partial charge in [0.25, 0.3) is 0 Å². The Hall–Kier alpha value is 0.397. The van der Waals surface area contributed by atoms with Gasteiger partial charge in [0, 0.05) is 0 Å². The lowest BCUT2D eigenvalue weighted by molar-refractivity contribution is 0.521. The summed E-state index contributed by atoms with van der Waals surface area (Å²) in [5.41, 5.74) is 0. The quantitative estimate of drug-likeness (QED) is 0.367. The maximum Gasteiger partial charge on any atom is 0.335 e. The molecule has 8 heteroatoms. The van der Waals surface area contributed by atoms with Gasteiger partial charge >= 0.3 is 7.34 Å². The van der Waals surface area contributed by atoms with Crippen LogP contribution in [-0.4, -0.2) is 29.7 Å². The van der Waals surface area contributed by atoms with E-state index < -0.39 is 28.4 Å². The Morgan fingerprint density at radius 2 is 1.50 bits per heavy atom. The Morgan fingerprint density at radius 1 is 1.25 bits per heavy atom. The largest absolute Gasteiger partial charge is 0.775 e. The van der Waals surface area contributed by atoms with Crippen molar-refractivity contribution in [3.8, 4) is 0 Å². The number of rotatable bonds is 2. The molecule has 0 fully saturated rings. The summed E-state index contributed by atoms with van der Waals surface area (Å²) in [6, 6.07) is 0. The normalized spacial score (nSPS) is 21.9. The van der Waals surface area contributed by atoms with Crippen molar-refractivity contribution >= 4 is 28.4 Å². The molecule has 0 aliphatic heterocycles. The van der Waals surface area contributed by atoms with Crippen LogP contribution in [0.1, 0.15) is 0 Å². The summed E-state index contributed by atoms with van der Waals surface area (Å²) >= 11 is 0. The molecule has 0 aliphatic rings. The highest BCUT2D eigenvalue weighted by molar-refractivity contribution is 8.37. The van der Waals surface area contributed by atoms with E-state index in [1.54, 1.807) is 0 Å². The van der Waals surface area contributed by atoms with E-state index >= 15 is 0 Å². The molecule has 0 rings (SSSR count). The second-order valence-electron chi connectivity index (χ2n) is 0.828. The van der Waals surface area contributed by atoms with Crippen molar-refractivity contribution in [2.45, 2.75) is 0 Å². The predicted octanol–water partition coefficient (Wildman–Crippen LogP) is -2.55. The van der Waals surface area contributed by atoms with E-state index in [2.05, 4.69) is 0 Å². The van der Waals surface area contributed by atoms with Crippen LogP contribution in [0.15, 0.2) is 0 Å². The van der Waals surface area contributed by atoms with Gasteiger partial charge < -0.3 is 13.9 Å². The van der Waals surface area contributed by atoms with Crippen molar-refractivity contribution in [2.24, 2.45) is 0 Å². The summed E-state index contributed by atoms with van der Waals surface area (Å²) in [5, 5.41) is 0. The molecule has 0 aliphatic carbocycles. The molecule has 0 heterocycles. The van der Waals surface area contributed by atoms with Crippen molar-refractivity contribution in [3.63, 3.8) is 0 Å². The van der Waals surface area contributed by atoms with Crippen LogP contribution >= 0.6 is 0 Å². The molecule has 8 heavy (non-hydrogen) atoms. The maximum atomic E-state index is 9.56. The molecule has 0 saturated heterocycles. The summed E-state index contributed by atoms with van der Waals surface area (Å²) in [4.78, 5) is 8.12. The van der Waals surface area contributed by atoms with Gasteiger partial charge in [-0.05, 0) is 21.1 Å². The zero-order chi connectivity index (χ0) is 6.73. The molecule has 0 aromatic carbocycles. The van der Waals surface area contributed by atoms with Gasteiger partial charge in [0.15, 0.2) is 0 Å². The van der Waals surface area contributed by atoms with Crippen LogP contribution in [0.3, 0.4) is 0 Å². The molecule has 2 unspecified atom stereocenters. The zero-order valence-electron chi connectivity index (χ0n) is 3.47. The van der Waals surface area contributed by atoms with Crippen LogP contribution in [0.5, 0.6) is 0 Å². The van der Waals surface area contributed by atoms with E-state index in [1.165, 1.54) is 0 Å². The van der Waals surface area contributed by atoms with E-state index in [1.807, 2.05) is 0 Å². The van der Waals surface area contributed by atoms with Gasteiger partial charge in [-0.3, -0.25) is 8.42 Å². The fourth-order valence-corrected chi connectivity index (χ4v) is 1.73. The number of hydrogen-bond donors (Lipinski definition) is 1.